The molecule has 0 aromatic heterocycles. The minimum absolute atomic E-state index is 0. The molecule has 1 amide bonds. The lowest BCUT2D eigenvalue weighted by molar-refractivity contribution is 0.0953. The Morgan fingerprint density at radius 1 is 1.47 bits per heavy atom. The molecule has 1 fully saturated rings. The topological polar surface area (TPSA) is 41.1 Å². The molecule has 3 nitrogen and oxygen atoms in total. The highest BCUT2D eigenvalue weighted by Crippen LogP contribution is 2.23. The average Bonchev–Trinajstić information content (AvgIpc) is 2.46. The van der Waals surface area contributed by atoms with E-state index < -0.39 is 0 Å². The lowest BCUT2D eigenvalue weighted by atomic mass is 9.90. The van der Waals surface area contributed by atoms with Crippen molar-refractivity contribution in [1.29, 1.82) is 0 Å². The van der Waals surface area contributed by atoms with Crippen LogP contribution in [-0.4, -0.2) is 25.5 Å². The van der Waals surface area contributed by atoms with Crippen LogP contribution in [0.4, 0.5) is 0 Å². The van der Waals surface area contributed by atoms with Crippen LogP contribution in [0.1, 0.15) is 48.0 Å². The number of halogens is 1. The molecule has 2 N–H and O–H groups in total. The Morgan fingerprint density at radius 3 is 3.00 bits per heavy atom. The van der Waals surface area contributed by atoms with Crippen LogP contribution in [-0.2, 0) is 0 Å². The zero-order valence-electron chi connectivity index (χ0n) is 11.4. The molecule has 0 spiro atoms. The third-order valence-electron chi connectivity index (χ3n) is 3.45. The monoisotopic (exact) mass is 282 g/mol. The molecule has 0 bridgehead atoms. The van der Waals surface area contributed by atoms with E-state index in [9.17, 15) is 4.79 Å². The zero-order valence-corrected chi connectivity index (χ0v) is 12.3. The molecule has 19 heavy (non-hydrogen) atoms. The quantitative estimate of drug-likeness (QED) is 0.892. The van der Waals surface area contributed by atoms with Gasteiger partial charge in [-0.05, 0) is 49.4 Å². The normalized spacial score (nSPS) is 18.5. The van der Waals surface area contributed by atoms with Crippen LogP contribution in [0.5, 0.6) is 0 Å². The van der Waals surface area contributed by atoms with E-state index in [0.29, 0.717) is 5.92 Å². The van der Waals surface area contributed by atoms with Gasteiger partial charge < -0.3 is 10.6 Å². The van der Waals surface area contributed by atoms with Crippen LogP contribution in [0, 0.1) is 0 Å². The molecular formula is C15H23ClN2O. The number of carbonyl (C=O) groups excluding carboxylic acids is 1. The second-order valence-corrected chi connectivity index (χ2v) is 4.92. The molecule has 1 aliphatic rings. The summed E-state index contributed by atoms with van der Waals surface area (Å²) in [5.74, 6) is 0.597. The van der Waals surface area contributed by atoms with E-state index in [2.05, 4.69) is 23.6 Å². The first-order chi connectivity index (χ1) is 8.81. The fraction of sp³-hybridized carbons (Fsp3) is 0.533. The minimum atomic E-state index is 0. The number of carbonyl (C=O) groups is 1. The van der Waals surface area contributed by atoms with Crippen molar-refractivity contribution in [3.63, 3.8) is 0 Å². The summed E-state index contributed by atoms with van der Waals surface area (Å²) in [7, 11) is 0. The smallest absolute Gasteiger partial charge is 0.251 e. The van der Waals surface area contributed by atoms with Crippen molar-refractivity contribution in [3.05, 3.63) is 35.4 Å². The van der Waals surface area contributed by atoms with Crippen molar-refractivity contribution >= 4 is 18.3 Å². The molecular weight excluding hydrogens is 260 g/mol. The minimum Gasteiger partial charge on any atom is -0.352 e. The Bertz CT molecular complexity index is 403. The molecule has 0 saturated carbocycles. The molecule has 1 aromatic rings. The second-order valence-electron chi connectivity index (χ2n) is 4.92. The molecule has 106 valence electrons. The Morgan fingerprint density at radius 2 is 2.32 bits per heavy atom. The lowest BCUT2D eigenvalue weighted by Crippen LogP contribution is -2.29. The van der Waals surface area contributed by atoms with Gasteiger partial charge in [0.05, 0.1) is 0 Å². The van der Waals surface area contributed by atoms with Gasteiger partial charge in [0.15, 0.2) is 0 Å². The van der Waals surface area contributed by atoms with Gasteiger partial charge in [-0.2, -0.15) is 0 Å². The molecule has 1 aromatic carbocycles. The molecule has 1 saturated heterocycles. The van der Waals surface area contributed by atoms with Crippen LogP contribution >= 0.6 is 12.4 Å². The number of hydrogen-bond acceptors (Lipinski definition) is 2. The first kappa shape index (κ1) is 16.0. The van der Waals surface area contributed by atoms with Gasteiger partial charge in [-0.1, -0.05) is 19.1 Å². The van der Waals surface area contributed by atoms with E-state index in [1.165, 1.54) is 18.4 Å². The third kappa shape index (κ3) is 4.51. The van der Waals surface area contributed by atoms with Crippen molar-refractivity contribution in [3.8, 4) is 0 Å². The predicted molar refractivity (Wildman–Crippen MR) is 81.2 cm³/mol. The molecule has 0 radical (unpaired) electrons. The maximum absolute atomic E-state index is 11.9. The van der Waals surface area contributed by atoms with Gasteiger partial charge in [0.25, 0.3) is 5.91 Å². The van der Waals surface area contributed by atoms with E-state index in [1.54, 1.807) is 0 Å². The number of amides is 1. The van der Waals surface area contributed by atoms with E-state index in [0.717, 1.165) is 31.6 Å². The Labute approximate surface area is 121 Å². The number of piperidine rings is 1. The third-order valence-corrected chi connectivity index (χ3v) is 3.45. The Kier molecular flexibility index (Phi) is 6.89. The van der Waals surface area contributed by atoms with Crippen LogP contribution in [0.25, 0.3) is 0 Å². The first-order valence-corrected chi connectivity index (χ1v) is 6.90. The molecule has 1 atom stereocenters. The number of rotatable bonds is 4. The van der Waals surface area contributed by atoms with Crippen molar-refractivity contribution in [2.75, 3.05) is 19.6 Å². The Balaban J connectivity index is 0.00000180. The van der Waals surface area contributed by atoms with Gasteiger partial charge in [0.2, 0.25) is 0 Å². The standard InChI is InChI=1S/C15H22N2O.ClH/c1-2-8-17-15(18)13-6-3-5-12(10-13)14-7-4-9-16-11-14;/h3,5-6,10,14,16H,2,4,7-9,11H2,1H3,(H,17,18);1H. The maximum atomic E-state index is 11.9. The lowest BCUT2D eigenvalue weighted by Gasteiger charge is -2.23. The van der Waals surface area contributed by atoms with Gasteiger partial charge in [-0.3, -0.25) is 4.79 Å². The van der Waals surface area contributed by atoms with Crippen molar-refractivity contribution in [1.82, 2.24) is 10.6 Å². The van der Waals surface area contributed by atoms with E-state index in [4.69, 9.17) is 0 Å². The highest BCUT2D eigenvalue weighted by molar-refractivity contribution is 5.94. The molecule has 1 unspecified atom stereocenters. The van der Waals surface area contributed by atoms with E-state index >= 15 is 0 Å². The van der Waals surface area contributed by atoms with Gasteiger partial charge >= 0.3 is 0 Å². The summed E-state index contributed by atoms with van der Waals surface area (Å²) in [6.45, 7) is 4.95. The van der Waals surface area contributed by atoms with Crippen LogP contribution < -0.4 is 10.6 Å². The Hall–Kier alpha value is -1.06. The van der Waals surface area contributed by atoms with Gasteiger partial charge in [-0.25, -0.2) is 0 Å². The second kappa shape index (κ2) is 8.18. The summed E-state index contributed by atoms with van der Waals surface area (Å²) in [4.78, 5) is 11.9. The summed E-state index contributed by atoms with van der Waals surface area (Å²) in [6.07, 6.45) is 3.40. The fourth-order valence-electron chi connectivity index (χ4n) is 2.41. The van der Waals surface area contributed by atoms with Crippen molar-refractivity contribution in [2.45, 2.75) is 32.1 Å². The summed E-state index contributed by atoms with van der Waals surface area (Å²) in [5, 5.41) is 6.34. The van der Waals surface area contributed by atoms with E-state index in [-0.39, 0.29) is 18.3 Å². The summed E-state index contributed by atoms with van der Waals surface area (Å²) in [6, 6.07) is 8.06. The average molecular weight is 283 g/mol. The largest absolute Gasteiger partial charge is 0.352 e. The maximum Gasteiger partial charge on any atom is 0.251 e. The summed E-state index contributed by atoms with van der Waals surface area (Å²) >= 11 is 0. The van der Waals surface area contributed by atoms with Crippen LogP contribution in [0.2, 0.25) is 0 Å². The van der Waals surface area contributed by atoms with Crippen molar-refractivity contribution < 1.29 is 4.79 Å². The van der Waals surface area contributed by atoms with Crippen LogP contribution in [0.15, 0.2) is 24.3 Å². The van der Waals surface area contributed by atoms with E-state index in [1.807, 2.05) is 18.2 Å². The molecule has 1 aliphatic heterocycles. The highest BCUT2D eigenvalue weighted by Gasteiger charge is 2.16. The molecule has 2 rings (SSSR count). The zero-order chi connectivity index (χ0) is 12.8. The van der Waals surface area contributed by atoms with Crippen molar-refractivity contribution in [2.24, 2.45) is 0 Å². The van der Waals surface area contributed by atoms with Gasteiger partial charge in [0, 0.05) is 18.7 Å². The molecule has 1 heterocycles. The fourth-order valence-corrected chi connectivity index (χ4v) is 2.41. The first-order valence-electron chi connectivity index (χ1n) is 6.90. The SMILES string of the molecule is CCCNC(=O)c1cccc(C2CCCNC2)c1.Cl. The number of nitrogens with one attached hydrogen (secondary N) is 2. The molecule has 0 aliphatic carbocycles. The summed E-state index contributed by atoms with van der Waals surface area (Å²) in [5.41, 5.74) is 2.07. The van der Waals surface area contributed by atoms with Crippen LogP contribution in [0.3, 0.4) is 0 Å². The number of benzene rings is 1. The number of hydrogen-bond donors (Lipinski definition) is 2. The predicted octanol–water partition coefficient (Wildman–Crippen LogP) is 2.72. The van der Waals surface area contributed by atoms with Gasteiger partial charge in [-0.15, -0.1) is 12.4 Å². The molecule has 4 heteroatoms. The highest BCUT2D eigenvalue weighted by atomic mass is 35.5. The summed E-state index contributed by atoms with van der Waals surface area (Å²) < 4.78 is 0. The van der Waals surface area contributed by atoms with Gasteiger partial charge in [0.1, 0.15) is 0 Å².